The molecule has 0 saturated carbocycles. The smallest absolute Gasteiger partial charge is 0.263 e. The van der Waals surface area contributed by atoms with Crippen molar-refractivity contribution in [3.63, 3.8) is 0 Å². The first kappa shape index (κ1) is 13.3. The molecule has 0 unspecified atom stereocenters. The van der Waals surface area contributed by atoms with Crippen molar-refractivity contribution >= 4 is 21.7 Å². The minimum absolute atomic E-state index is 0.104. The predicted octanol–water partition coefficient (Wildman–Crippen LogP) is 1.73. The summed E-state index contributed by atoms with van der Waals surface area (Å²) in [5.74, 6) is 0.104. The SMILES string of the molecule is O=S(=O)(c1ccccc1)N(c1cccnc1)c1ncn[nH]1. The lowest BCUT2D eigenvalue weighted by atomic mass is 10.4. The van der Waals surface area contributed by atoms with Gasteiger partial charge in [-0.05, 0) is 24.3 Å². The van der Waals surface area contributed by atoms with E-state index in [0.29, 0.717) is 5.69 Å². The van der Waals surface area contributed by atoms with Crippen LogP contribution in [0.3, 0.4) is 0 Å². The van der Waals surface area contributed by atoms with Gasteiger partial charge in [-0.25, -0.2) is 13.5 Å². The first-order chi connectivity index (χ1) is 10.2. The zero-order chi connectivity index (χ0) is 14.7. The number of rotatable bonds is 4. The van der Waals surface area contributed by atoms with Crippen LogP contribution < -0.4 is 4.31 Å². The molecule has 2 heterocycles. The number of pyridine rings is 1. The van der Waals surface area contributed by atoms with Gasteiger partial charge in [-0.3, -0.25) is 4.98 Å². The Morgan fingerprint density at radius 1 is 1.05 bits per heavy atom. The highest BCUT2D eigenvalue weighted by Gasteiger charge is 2.28. The van der Waals surface area contributed by atoms with E-state index in [-0.39, 0.29) is 10.8 Å². The molecule has 0 aliphatic carbocycles. The molecule has 7 nitrogen and oxygen atoms in total. The minimum Gasteiger partial charge on any atom is -0.263 e. The van der Waals surface area contributed by atoms with Crippen LogP contribution in [0.1, 0.15) is 0 Å². The second kappa shape index (κ2) is 5.33. The molecule has 1 aromatic carbocycles. The molecular weight excluding hydrogens is 290 g/mol. The van der Waals surface area contributed by atoms with Gasteiger partial charge in [0.2, 0.25) is 5.95 Å². The van der Waals surface area contributed by atoms with Gasteiger partial charge in [-0.1, -0.05) is 18.2 Å². The van der Waals surface area contributed by atoms with Crippen molar-refractivity contribution in [1.82, 2.24) is 20.2 Å². The van der Waals surface area contributed by atoms with Gasteiger partial charge in [-0.2, -0.15) is 14.4 Å². The Kier molecular flexibility index (Phi) is 3.36. The molecule has 0 aliphatic heterocycles. The number of nitrogens with zero attached hydrogens (tertiary/aromatic N) is 4. The summed E-state index contributed by atoms with van der Waals surface area (Å²) < 4.78 is 26.8. The van der Waals surface area contributed by atoms with Gasteiger partial charge in [0.05, 0.1) is 16.8 Å². The van der Waals surface area contributed by atoms with Crippen molar-refractivity contribution in [3.8, 4) is 0 Å². The van der Waals surface area contributed by atoms with Gasteiger partial charge >= 0.3 is 0 Å². The second-order valence-corrected chi connectivity index (χ2v) is 5.89. The minimum atomic E-state index is -3.82. The van der Waals surface area contributed by atoms with Crippen molar-refractivity contribution in [2.45, 2.75) is 4.90 Å². The van der Waals surface area contributed by atoms with Crippen LogP contribution in [0, 0.1) is 0 Å². The van der Waals surface area contributed by atoms with Gasteiger partial charge < -0.3 is 0 Å². The Morgan fingerprint density at radius 3 is 2.48 bits per heavy atom. The first-order valence-electron chi connectivity index (χ1n) is 6.05. The lowest BCUT2D eigenvalue weighted by molar-refractivity contribution is 0.595. The number of nitrogens with one attached hydrogen (secondary N) is 1. The predicted molar refractivity (Wildman–Crippen MR) is 76.4 cm³/mol. The van der Waals surface area contributed by atoms with Crippen LogP contribution in [0.15, 0.2) is 66.1 Å². The van der Waals surface area contributed by atoms with E-state index in [9.17, 15) is 8.42 Å². The highest BCUT2D eigenvalue weighted by Crippen LogP contribution is 2.28. The van der Waals surface area contributed by atoms with Gasteiger partial charge in [0.1, 0.15) is 6.33 Å². The summed E-state index contributed by atoms with van der Waals surface area (Å²) in [4.78, 5) is 8.05. The van der Waals surface area contributed by atoms with E-state index in [1.165, 1.54) is 24.7 Å². The maximum Gasteiger partial charge on any atom is 0.271 e. The number of benzene rings is 1. The normalized spacial score (nSPS) is 11.2. The molecule has 0 atom stereocenters. The molecule has 0 saturated heterocycles. The summed E-state index contributed by atoms with van der Waals surface area (Å²) >= 11 is 0. The van der Waals surface area contributed by atoms with Crippen LogP contribution in [-0.2, 0) is 10.0 Å². The molecule has 8 heteroatoms. The van der Waals surface area contributed by atoms with E-state index in [1.807, 2.05) is 0 Å². The molecular formula is C13H11N5O2S. The third kappa shape index (κ3) is 2.48. The summed E-state index contributed by atoms with van der Waals surface area (Å²) in [5.41, 5.74) is 0.373. The van der Waals surface area contributed by atoms with Crippen molar-refractivity contribution in [2.24, 2.45) is 0 Å². The van der Waals surface area contributed by atoms with E-state index in [4.69, 9.17) is 0 Å². The monoisotopic (exact) mass is 301 g/mol. The molecule has 106 valence electrons. The Morgan fingerprint density at radius 2 is 1.86 bits per heavy atom. The summed E-state index contributed by atoms with van der Waals surface area (Å²) in [7, 11) is -3.82. The number of aromatic nitrogens is 4. The topological polar surface area (TPSA) is 91.8 Å². The Balaban J connectivity index is 2.17. The summed E-state index contributed by atoms with van der Waals surface area (Å²) in [6.07, 6.45) is 4.26. The van der Waals surface area contributed by atoms with Gasteiger partial charge in [0, 0.05) is 6.20 Å². The van der Waals surface area contributed by atoms with Gasteiger partial charge in [0.15, 0.2) is 0 Å². The van der Waals surface area contributed by atoms with E-state index in [2.05, 4.69) is 20.2 Å². The third-order valence-electron chi connectivity index (χ3n) is 2.76. The Bertz CT molecular complexity index is 804. The fraction of sp³-hybridized carbons (Fsp3) is 0. The fourth-order valence-corrected chi connectivity index (χ4v) is 3.26. The highest BCUT2D eigenvalue weighted by atomic mass is 32.2. The molecule has 0 amide bonds. The quantitative estimate of drug-likeness (QED) is 0.792. The lowest BCUT2D eigenvalue weighted by Gasteiger charge is -2.20. The fourth-order valence-electron chi connectivity index (χ4n) is 1.84. The maximum absolute atomic E-state index is 12.8. The largest absolute Gasteiger partial charge is 0.271 e. The van der Waals surface area contributed by atoms with E-state index >= 15 is 0 Å². The molecule has 0 aliphatic rings. The highest BCUT2D eigenvalue weighted by molar-refractivity contribution is 7.93. The zero-order valence-electron chi connectivity index (χ0n) is 10.8. The standard InChI is InChI=1S/C13H11N5O2S/c19-21(20,12-6-2-1-3-7-12)18(13-15-10-16-17-13)11-5-4-8-14-9-11/h1-10H,(H,15,16,17). The van der Waals surface area contributed by atoms with Crippen LogP contribution >= 0.6 is 0 Å². The third-order valence-corrected chi connectivity index (χ3v) is 4.49. The molecule has 0 fully saturated rings. The molecule has 3 aromatic rings. The van der Waals surface area contributed by atoms with E-state index < -0.39 is 10.0 Å². The molecule has 3 rings (SSSR count). The summed E-state index contributed by atoms with van der Waals surface area (Å²) in [6, 6.07) is 11.4. The number of hydrogen-bond donors (Lipinski definition) is 1. The van der Waals surface area contributed by atoms with E-state index in [1.54, 1.807) is 36.5 Å². The number of aromatic amines is 1. The van der Waals surface area contributed by atoms with Crippen molar-refractivity contribution in [1.29, 1.82) is 0 Å². The zero-order valence-corrected chi connectivity index (χ0v) is 11.6. The first-order valence-corrected chi connectivity index (χ1v) is 7.49. The van der Waals surface area contributed by atoms with Crippen LogP contribution in [0.2, 0.25) is 0 Å². The van der Waals surface area contributed by atoms with E-state index in [0.717, 1.165) is 4.31 Å². The molecule has 21 heavy (non-hydrogen) atoms. The van der Waals surface area contributed by atoms with Crippen LogP contribution in [0.25, 0.3) is 0 Å². The van der Waals surface area contributed by atoms with Crippen molar-refractivity contribution in [3.05, 3.63) is 61.2 Å². The summed E-state index contributed by atoms with van der Waals surface area (Å²) in [6.45, 7) is 0. The van der Waals surface area contributed by atoms with Crippen molar-refractivity contribution < 1.29 is 8.42 Å². The molecule has 2 aromatic heterocycles. The van der Waals surface area contributed by atoms with Gasteiger partial charge in [0.25, 0.3) is 10.0 Å². The molecule has 0 spiro atoms. The van der Waals surface area contributed by atoms with Crippen LogP contribution in [-0.4, -0.2) is 28.6 Å². The van der Waals surface area contributed by atoms with Gasteiger partial charge in [-0.15, -0.1) is 0 Å². The summed E-state index contributed by atoms with van der Waals surface area (Å²) in [5, 5.41) is 6.28. The number of hydrogen-bond acceptors (Lipinski definition) is 5. The number of H-pyrrole nitrogens is 1. The number of sulfonamides is 1. The van der Waals surface area contributed by atoms with Crippen molar-refractivity contribution in [2.75, 3.05) is 4.31 Å². The molecule has 0 radical (unpaired) electrons. The Labute approximate surface area is 121 Å². The number of anilines is 2. The lowest BCUT2D eigenvalue weighted by Crippen LogP contribution is -2.27. The average Bonchev–Trinajstić information content (AvgIpc) is 3.03. The van der Waals surface area contributed by atoms with Crippen LogP contribution in [0.5, 0.6) is 0 Å². The maximum atomic E-state index is 12.8. The van der Waals surface area contributed by atoms with Crippen LogP contribution in [0.4, 0.5) is 11.6 Å². The molecule has 1 N–H and O–H groups in total. The molecule has 0 bridgehead atoms. The Hall–Kier alpha value is -2.74. The average molecular weight is 301 g/mol. The second-order valence-electron chi connectivity index (χ2n) is 4.10.